The van der Waals surface area contributed by atoms with Crippen molar-refractivity contribution in [1.82, 2.24) is 5.32 Å². The highest BCUT2D eigenvalue weighted by atomic mass is 32.2. The molecule has 0 heterocycles. The average Bonchev–Trinajstić information content (AvgIpc) is 2.36. The Morgan fingerprint density at radius 3 is 2.40 bits per heavy atom. The van der Waals surface area contributed by atoms with Gasteiger partial charge in [0.1, 0.15) is 6.04 Å². The first-order valence-electron chi connectivity index (χ1n) is 6.75. The zero-order valence-electron chi connectivity index (χ0n) is 12.1. The molecule has 0 aromatic rings. The summed E-state index contributed by atoms with van der Waals surface area (Å²) in [6, 6.07) is -0.864. The van der Waals surface area contributed by atoms with Crippen molar-refractivity contribution >= 4 is 28.8 Å². The first-order valence-corrected chi connectivity index (χ1v) is 7.73. The molecule has 0 aromatic heterocycles. The zero-order valence-corrected chi connectivity index (χ0v) is 12.9. The highest BCUT2D eigenvalue weighted by molar-refractivity contribution is 8.13. The number of carbonyl (C=O) groups excluding carboxylic acids is 2. The van der Waals surface area contributed by atoms with Gasteiger partial charge in [0.25, 0.3) is 0 Å². The van der Waals surface area contributed by atoms with E-state index < -0.39 is 12.0 Å². The summed E-state index contributed by atoms with van der Waals surface area (Å²) in [5, 5.41) is 11.6. The van der Waals surface area contributed by atoms with Gasteiger partial charge in [-0.1, -0.05) is 18.7 Å². The Kier molecular flexibility index (Phi) is 10.1. The number of hydrogen-bond acceptors (Lipinski definition) is 5. The van der Waals surface area contributed by atoms with Crippen LogP contribution in [-0.4, -0.2) is 40.4 Å². The molecule has 6 nitrogen and oxygen atoms in total. The topological polar surface area (TPSA) is 109 Å². The van der Waals surface area contributed by atoms with E-state index in [1.54, 1.807) is 6.92 Å². The molecule has 1 amide bonds. The van der Waals surface area contributed by atoms with Gasteiger partial charge < -0.3 is 16.2 Å². The smallest absolute Gasteiger partial charge is 0.326 e. The van der Waals surface area contributed by atoms with Crippen molar-refractivity contribution in [1.29, 1.82) is 0 Å². The van der Waals surface area contributed by atoms with E-state index >= 15 is 0 Å². The fourth-order valence-electron chi connectivity index (χ4n) is 1.57. The molecule has 0 saturated heterocycles. The van der Waals surface area contributed by atoms with Crippen LogP contribution in [0.2, 0.25) is 0 Å². The summed E-state index contributed by atoms with van der Waals surface area (Å²) in [7, 11) is 0. The third-order valence-corrected chi connectivity index (χ3v) is 3.71. The SMILES string of the molecule is CC(=O)SCCC(C)C(=O)NC(CCCCN)C(=O)O. The summed E-state index contributed by atoms with van der Waals surface area (Å²) in [6.45, 7) is 3.72. The van der Waals surface area contributed by atoms with Crippen LogP contribution in [0, 0.1) is 5.92 Å². The van der Waals surface area contributed by atoms with Crippen molar-refractivity contribution in [2.24, 2.45) is 11.7 Å². The van der Waals surface area contributed by atoms with Gasteiger partial charge in [0.2, 0.25) is 5.91 Å². The molecule has 0 spiro atoms. The summed E-state index contributed by atoms with van der Waals surface area (Å²) in [6.07, 6.45) is 2.34. The molecular formula is C13H24N2O4S. The second-order valence-corrected chi connectivity index (χ2v) is 5.99. The lowest BCUT2D eigenvalue weighted by atomic mass is 10.1. The lowest BCUT2D eigenvalue weighted by Gasteiger charge is -2.17. The number of amides is 1. The predicted octanol–water partition coefficient (Wildman–Crippen LogP) is 0.991. The fraction of sp³-hybridized carbons (Fsp3) is 0.769. The van der Waals surface area contributed by atoms with Crippen LogP contribution in [-0.2, 0) is 14.4 Å². The van der Waals surface area contributed by atoms with Gasteiger partial charge in [0.15, 0.2) is 5.12 Å². The largest absolute Gasteiger partial charge is 0.480 e. The number of unbranched alkanes of at least 4 members (excludes halogenated alkanes) is 1. The maximum atomic E-state index is 11.9. The molecule has 0 aliphatic carbocycles. The van der Waals surface area contributed by atoms with Crippen LogP contribution in [0.15, 0.2) is 0 Å². The van der Waals surface area contributed by atoms with Gasteiger partial charge >= 0.3 is 5.97 Å². The van der Waals surface area contributed by atoms with Crippen LogP contribution >= 0.6 is 11.8 Å². The lowest BCUT2D eigenvalue weighted by Crippen LogP contribution is -2.43. The van der Waals surface area contributed by atoms with E-state index in [-0.39, 0.29) is 16.9 Å². The van der Waals surface area contributed by atoms with E-state index in [1.807, 2.05) is 0 Å². The number of hydrogen-bond donors (Lipinski definition) is 3. The predicted molar refractivity (Wildman–Crippen MR) is 79.4 cm³/mol. The van der Waals surface area contributed by atoms with Crippen LogP contribution < -0.4 is 11.1 Å². The molecule has 0 aliphatic rings. The minimum atomic E-state index is -1.03. The summed E-state index contributed by atoms with van der Waals surface area (Å²) < 4.78 is 0. The van der Waals surface area contributed by atoms with E-state index in [0.717, 1.165) is 6.42 Å². The van der Waals surface area contributed by atoms with Gasteiger partial charge in [-0.2, -0.15) is 0 Å². The van der Waals surface area contributed by atoms with Crippen molar-refractivity contribution in [2.45, 2.75) is 45.6 Å². The maximum absolute atomic E-state index is 11.9. The second kappa shape index (κ2) is 10.7. The highest BCUT2D eigenvalue weighted by Crippen LogP contribution is 2.11. The summed E-state index contributed by atoms with van der Waals surface area (Å²) in [5.74, 6) is -1.05. The first-order chi connectivity index (χ1) is 9.38. The molecule has 0 fully saturated rings. The molecular weight excluding hydrogens is 280 g/mol. The van der Waals surface area contributed by atoms with Crippen LogP contribution in [0.1, 0.15) is 39.5 Å². The van der Waals surface area contributed by atoms with Crippen LogP contribution in [0.25, 0.3) is 0 Å². The Balaban J connectivity index is 4.16. The van der Waals surface area contributed by atoms with Crippen LogP contribution in [0.5, 0.6) is 0 Å². The Labute approximate surface area is 123 Å². The maximum Gasteiger partial charge on any atom is 0.326 e. The molecule has 0 aliphatic heterocycles. The summed E-state index contributed by atoms with van der Waals surface area (Å²) >= 11 is 1.17. The number of nitrogens with one attached hydrogen (secondary N) is 1. The lowest BCUT2D eigenvalue weighted by molar-refractivity contribution is -0.142. The second-order valence-electron chi connectivity index (χ2n) is 4.71. The summed E-state index contributed by atoms with van der Waals surface area (Å²) in [4.78, 5) is 33.7. The standard InChI is InChI=1S/C13H24N2O4S/c1-9(6-8-20-10(2)16)12(17)15-11(13(18)19)5-3-4-7-14/h9,11H,3-8,14H2,1-2H3,(H,15,17)(H,18,19). The van der Waals surface area contributed by atoms with Crippen LogP contribution in [0.3, 0.4) is 0 Å². The van der Waals surface area contributed by atoms with Crippen molar-refractivity contribution in [3.8, 4) is 0 Å². The molecule has 2 unspecified atom stereocenters. The van der Waals surface area contributed by atoms with Crippen LogP contribution in [0.4, 0.5) is 0 Å². The third-order valence-electron chi connectivity index (χ3n) is 2.87. The normalized spacial score (nSPS) is 13.6. The number of nitrogens with two attached hydrogens (primary N) is 1. The third kappa shape index (κ3) is 8.92. The van der Waals surface area contributed by atoms with Gasteiger partial charge in [0.05, 0.1) is 0 Å². The monoisotopic (exact) mass is 304 g/mol. The number of carboxylic acids is 1. The quantitative estimate of drug-likeness (QED) is 0.519. The Morgan fingerprint density at radius 1 is 1.25 bits per heavy atom. The number of carbonyl (C=O) groups is 3. The van der Waals surface area contributed by atoms with Crippen molar-refractivity contribution in [3.05, 3.63) is 0 Å². The number of thioether (sulfide) groups is 1. The van der Waals surface area contributed by atoms with Crippen molar-refractivity contribution < 1.29 is 19.5 Å². The molecule has 20 heavy (non-hydrogen) atoms. The van der Waals surface area contributed by atoms with Gasteiger partial charge in [-0.3, -0.25) is 9.59 Å². The molecule has 0 rings (SSSR count). The minimum Gasteiger partial charge on any atom is -0.480 e. The Bertz CT molecular complexity index is 336. The van der Waals surface area contributed by atoms with E-state index in [9.17, 15) is 14.4 Å². The van der Waals surface area contributed by atoms with Crippen molar-refractivity contribution in [2.75, 3.05) is 12.3 Å². The molecule has 2 atom stereocenters. The zero-order chi connectivity index (χ0) is 15.5. The van der Waals surface area contributed by atoms with E-state index in [1.165, 1.54) is 18.7 Å². The number of carboxylic acid groups (broad SMARTS) is 1. The molecule has 0 radical (unpaired) electrons. The molecule has 0 aromatic carbocycles. The van der Waals surface area contributed by atoms with E-state index in [4.69, 9.17) is 10.8 Å². The molecule has 0 saturated carbocycles. The first kappa shape index (κ1) is 18.9. The van der Waals surface area contributed by atoms with Gasteiger partial charge in [-0.15, -0.1) is 0 Å². The molecule has 0 bridgehead atoms. The Hall–Kier alpha value is -1.08. The van der Waals surface area contributed by atoms with Crippen molar-refractivity contribution in [3.63, 3.8) is 0 Å². The fourth-order valence-corrected chi connectivity index (χ4v) is 2.33. The van der Waals surface area contributed by atoms with E-state index in [2.05, 4.69) is 5.32 Å². The van der Waals surface area contributed by atoms with E-state index in [0.29, 0.717) is 31.6 Å². The molecule has 7 heteroatoms. The summed E-state index contributed by atoms with van der Waals surface area (Å²) in [5.41, 5.74) is 5.35. The van der Waals surface area contributed by atoms with Gasteiger partial charge in [-0.25, -0.2) is 4.79 Å². The number of rotatable bonds is 10. The number of aliphatic carboxylic acids is 1. The average molecular weight is 304 g/mol. The highest BCUT2D eigenvalue weighted by Gasteiger charge is 2.22. The van der Waals surface area contributed by atoms with Gasteiger partial charge in [-0.05, 0) is 32.2 Å². The minimum absolute atomic E-state index is 0.0165. The molecule has 4 N–H and O–H groups in total. The Morgan fingerprint density at radius 2 is 1.90 bits per heavy atom. The molecule has 116 valence electrons. The van der Waals surface area contributed by atoms with Gasteiger partial charge in [0, 0.05) is 18.6 Å².